The van der Waals surface area contributed by atoms with Crippen molar-refractivity contribution in [1.29, 1.82) is 0 Å². The SMILES string of the molecule is C[C@@H](COc1ccnc2c1[C@H](C)CCC2)CC1Cc2ccc(OCCCNC(=O)Cc3ccc4ncccc4c3)cc2C12CCC(Nc1cccc(Cl)c1)(C(=O)O)CC2. The van der Waals surface area contributed by atoms with E-state index in [4.69, 9.17) is 21.1 Å². The summed E-state index contributed by atoms with van der Waals surface area (Å²) in [6.07, 6.45) is 12.3. The number of nitrogens with one attached hydrogen (secondary N) is 2. The van der Waals surface area contributed by atoms with E-state index in [0.29, 0.717) is 62.3 Å². The molecule has 3 atom stereocenters. The fraction of sp³-hybridized carbons (Fsp3) is 0.429. The van der Waals surface area contributed by atoms with Crippen molar-refractivity contribution < 1.29 is 24.2 Å². The largest absolute Gasteiger partial charge is 0.494 e. The average molecular weight is 815 g/mol. The van der Waals surface area contributed by atoms with Crippen LogP contribution >= 0.6 is 11.6 Å². The molecule has 3 aliphatic rings. The van der Waals surface area contributed by atoms with Gasteiger partial charge < -0.3 is 25.2 Å². The van der Waals surface area contributed by atoms with Crippen molar-refractivity contribution in [3.05, 3.63) is 124 Å². The monoisotopic (exact) mass is 814 g/mol. The van der Waals surface area contributed by atoms with Crippen LogP contribution in [0.4, 0.5) is 5.69 Å². The molecule has 0 radical (unpaired) electrons. The highest BCUT2D eigenvalue weighted by atomic mass is 35.5. The average Bonchev–Trinajstić information content (AvgIpc) is 3.51. The molecule has 2 aromatic heterocycles. The Labute approximate surface area is 352 Å². The van der Waals surface area contributed by atoms with Crippen LogP contribution < -0.4 is 20.1 Å². The molecule has 308 valence electrons. The second kappa shape index (κ2) is 17.6. The van der Waals surface area contributed by atoms with Crippen LogP contribution in [-0.2, 0) is 34.3 Å². The molecule has 1 spiro atoms. The van der Waals surface area contributed by atoms with E-state index in [2.05, 4.69) is 52.6 Å². The van der Waals surface area contributed by atoms with E-state index in [1.165, 1.54) is 28.8 Å². The molecule has 8 rings (SSSR count). The third-order valence-corrected chi connectivity index (χ3v) is 13.4. The molecule has 0 bridgehead atoms. The van der Waals surface area contributed by atoms with Crippen LogP contribution in [0.25, 0.3) is 10.9 Å². The summed E-state index contributed by atoms with van der Waals surface area (Å²) >= 11 is 6.31. The van der Waals surface area contributed by atoms with Crippen molar-refractivity contribution in [2.75, 3.05) is 25.1 Å². The molecule has 3 N–H and O–H groups in total. The Morgan fingerprint density at radius 2 is 1.83 bits per heavy atom. The normalized spacial score (nSPS) is 22.6. The van der Waals surface area contributed by atoms with Crippen LogP contribution in [0.1, 0.15) is 99.1 Å². The number of halogens is 1. The van der Waals surface area contributed by atoms with Gasteiger partial charge >= 0.3 is 5.97 Å². The summed E-state index contributed by atoms with van der Waals surface area (Å²) in [5.41, 5.74) is 6.33. The fourth-order valence-corrected chi connectivity index (χ4v) is 10.3. The summed E-state index contributed by atoms with van der Waals surface area (Å²) in [4.78, 5) is 34.9. The van der Waals surface area contributed by atoms with Crippen LogP contribution in [0.3, 0.4) is 0 Å². The Bertz CT molecular complexity index is 2310. The minimum atomic E-state index is -1.10. The lowest BCUT2D eigenvalue weighted by Gasteiger charge is -2.47. The lowest BCUT2D eigenvalue weighted by atomic mass is 9.59. The molecule has 59 heavy (non-hydrogen) atoms. The number of hydrogen-bond donors (Lipinski definition) is 3. The summed E-state index contributed by atoms with van der Waals surface area (Å²) in [6.45, 7) is 6.16. The summed E-state index contributed by atoms with van der Waals surface area (Å²) in [5.74, 6) is 1.97. The Morgan fingerprint density at radius 3 is 2.66 bits per heavy atom. The van der Waals surface area contributed by atoms with Gasteiger partial charge in [0, 0.05) is 46.3 Å². The van der Waals surface area contributed by atoms with Gasteiger partial charge in [-0.05, 0) is 159 Å². The highest BCUT2D eigenvalue weighted by Crippen LogP contribution is 2.57. The fourth-order valence-electron chi connectivity index (χ4n) is 10.1. The number of pyridine rings is 2. The first-order chi connectivity index (χ1) is 28.6. The summed E-state index contributed by atoms with van der Waals surface area (Å²) in [5, 5.41) is 18.7. The molecule has 3 aliphatic carbocycles. The topological polar surface area (TPSA) is 123 Å². The minimum Gasteiger partial charge on any atom is -0.494 e. The first kappa shape index (κ1) is 40.6. The van der Waals surface area contributed by atoms with Gasteiger partial charge in [-0.25, -0.2) is 4.79 Å². The second-order valence-electron chi connectivity index (χ2n) is 17.3. The number of fused-ring (bicyclic) bond motifs is 4. The third-order valence-electron chi connectivity index (χ3n) is 13.2. The number of carboxylic acid groups (broad SMARTS) is 1. The van der Waals surface area contributed by atoms with Crippen LogP contribution in [0, 0.1) is 11.8 Å². The molecular formula is C49H55ClN4O5. The van der Waals surface area contributed by atoms with Crippen LogP contribution in [0.2, 0.25) is 5.02 Å². The van der Waals surface area contributed by atoms with Gasteiger partial charge in [0.05, 0.1) is 25.2 Å². The van der Waals surface area contributed by atoms with Crippen LogP contribution in [-0.4, -0.2) is 52.2 Å². The van der Waals surface area contributed by atoms with E-state index in [1.807, 2.05) is 54.7 Å². The smallest absolute Gasteiger partial charge is 0.329 e. The Kier molecular flexibility index (Phi) is 12.1. The van der Waals surface area contributed by atoms with Crippen LogP contribution in [0.15, 0.2) is 91.3 Å². The predicted molar refractivity (Wildman–Crippen MR) is 233 cm³/mol. The molecule has 9 nitrogen and oxygen atoms in total. The van der Waals surface area contributed by atoms with Gasteiger partial charge in [0.15, 0.2) is 0 Å². The molecule has 5 aromatic rings. The number of amides is 1. The molecule has 1 amide bonds. The predicted octanol–water partition coefficient (Wildman–Crippen LogP) is 9.88. The molecule has 1 unspecified atom stereocenters. The number of benzene rings is 3. The second-order valence-corrected chi connectivity index (χ2v) is 17.7. The van der Waals surface area contributed by atoms with Gasteiger partial charge in [-0.1, -0.05) is 49.7 Å². The Hall–Kier alpha value is -5.15. The Balaban J connectivity index is 0.940. The van der Waals surface area contributed by atoms with Crippen molar-refractivity contribution in [2.45, 2.75) is 101 Å². The number of hydrogen-bond acceptors (Lipinski definition) is 7. The highest BCUT2D eigenvalue weighted by molar-refractivity contribution is 6.30. The number of carbonyl (C=O) groups is 2. The number of rotatable bonds is 15. The first-order valence-corrected chi connectivity index (χ1v) is 21.7. The number of aromatic nitrogens is 2. The summed E-state index contributed by atoms with van der Waals surface area (Å²) < 4.78 is 12.9. The van der Waals surface area contributed by atoms with Crippen molar-refractivity contribution in [1.82, 2.24) is 15.3 Å². The standard InChI is InChI=1S/C49H55ClN4O5/c1-32(31-59-44-16-23-52-43-11-3-7-33(2)46(43)44)25-37-28-35-13-14-40(58-24-6-22-53-45(55)27-34-12-15-42-36(26-34)8-5-21-51-42)30-41(35)48(37)17-19-49(20-18-48,47(56)57)54-39-10-4-9-38(50)29-39/h4-5,8-10,12-16,21,23,26,29-30,32-33,37,54H,3,6-7,11,17-20,22,24-25,27-28,31H2,1-2H3,(H,53,55)(H,56,57)/t32-,33-,37?,48?,49?/m1/s1. The van der Waals surface area contributed by atoms with Gasteiger partial charge in [0.25, 0.3) is 0 Å². The number of carboxylic acids is 1. The first-order valence-electron chi connectivity index (χ1n) is 21.4. The molecule has 2 heterocycles. The number of aryl methyl sites for hydroxylation is 1. The Morgan fingerprint density at radius 1 is 0.966 bits per heavy atom. The molecule has 1 fully saturated rings. The number of carbonyl (C=O) groups excluding carboxylic acids is 1. The van der Waals surface area contributed by atoms with E-state index >= 15 is 0 Å². The van der Waals surface area contributed by atoms with E-state index < -0.39 is 11.5 Å². The number of ether oxygens (including phenoxy) is 2. The minimum absolute atomic E-state index is 0.0207. The maximum absolute atomic E-state index is 13.1. The number of nitrogens with zero attached hydrogens (tertiary/aromatic N) is 2. The molecule has 0 aliphatic heterocycles. The zero-order chi connectivity index (χ0) is 41.0. The van der Waals surface area contributed by atoms with Gasteiger partial charge in [-0.3, -0.25) is 14.8 Å². The van der Waals surface area contributed by atoms with Crippen molar-refractivity contribution >= 4 is 40.1 Å². The molecule has 0 saturated heterocycles. The van der Waals surface area contributed by atoms with E-state index in [1.54, 1.807) is 18.3 Å². The number of anilines is 1. The van der Waals surface area contributed by atoms with Gasteiger partial charge in [0.1, 0.15) is 17.0 Å². The maximum atomic E-state index is 13.1. The molecule has 10 heteroatoms. The molecular weight excluding hydrogens is 760 g/mol. The number of aliphatic carboxylic acids is 1. The molecule has 1 saturated carbocycles. The molecule has 3 aromatic carbocycles. The van der Waals surface area contributed by atoms with Crippen molar-refractivity contribution in [3.63, 3.8) is 0 Å². The lowest BCUT2D eigenvalue weighted by Crippen LogP contribution is -2.53. The lowest BCUT2D eigenvalue weighted by molar-refractivity contribution is -0.144. The van der Waals surface area contributed by atoms with E-state index in [-0.39, 0.29) is 17.2 Å². The quantitative estimate of drug-likeness (QED) is 0.0894. The summed E-state index contributed by atoms with van der Waals surface area (Å²) in [6, 6.07) is 25.7. The van der Waals surface area contributed by atoms with Gasteiger partial charge in [-0.2, -0.15) is 0 Å². The summed E-state index contributed by atoms with van der Waals surface area (Å²) in [7, 11) is 0. The third kappa shape index (κ3) is 8.91. The van der Waals surface area contributed by atoms with E-state index in [0.717, 1.165) is 72.2 Å². The zero-order valence-corrected chi connectivity index (χ0v) is 34.9. The van der Waals surface area contributed by atoms with Crippen molar-refractivity contribution in [2.24, 2.45) is 11.8 Å². The zero-order valence-electron chi connectivity index (χ0n) is 34.1. The van der Waals surface area contributed by atoms with E-state index in [9.17, 15) is 14.7 Å². The highest BCUT2D eigenvalue weighted by Gasteiger charge is 2.54. The van der Waals surface area contributed by atoms with Crippen LogP contribution in [0.5, 0.6) is 11.5 Å². The van der Waals surface area contributed by atoms with Gasteiger partial charge in [0.2, 0.25) is 5.91 Å². The maximum Gasteiger partial charge on any atom is 0.329 e. The van der Waals surface area contributed by atoms with Crippen molar-refractivity contribution in [3.8, 4) is 11.5 Å². The van der Waals surface area contributed by atoms with Gasteiger partial charge in [-0.15, -0.1) is 0 Å².